The Morgan fingerprint density at radius 3 is 2.41 bits per heavy atom. The summed E-state index contributed by atoms with van der Waals surface area (Å²) in [6, 6.07) is 2.03. The van der Waals surface area contributed by atoms with Crippen LogP contribution in [-0.4, -0.2) is 14.0 Å². The third-order valence-electron chi connectivity index (χ3n) is 2.76. The van der Waals surface area contributed by atoms with E-state index in [9.17, 15) is 0 Å². The minimum atomic E-state index is -1.10. The lowest BCUT2D eigenvalue weighted by Gasteiger charge is -2.34. The highest BCUT2D eigenvalue weighted by molar-refractivity contribution is 6.48. The van der Waals surface area contributed by atoms with Crippen molar-refractivity contribution in [1.82, 2.24) is 4.98 Å². The molecule has 1 unspecified atom stereocenters. The zero-order chi connectivity index (χ0) is 13.2. The van der Waals surface area contributed by atoms with Crippen molar-refractivity contribution in [2.45, 2.75) is 46.9 Å². The Balaban J connectivity index is 3.18. The van der Waals surface area contributed by atoms with Crippen molar-refractivity contribution in [2.75, 3.05) is 5.73 Å². The molecule has 0 radical (unpaired) electrons. The molecule has 0 fully saturated rings. The SMILES string of the molecule is Cc1c(C(O[SiH](C)C)C(C)(C)C)ccnc1N. The van der Waals surface area contributed by atoms with E-state index in [4.69, 9.17) is 10.2 Å². The fourth-order valence-electron chi connectivity index (χ4n) is 1.87. The van der Waals surface area contributed by atoms with Crippen molar-refractivity contribution in [1.29, 1.82) is 0 Å². The third-order valence-corrected chi connectivity index (χ3v) is 3.58. The Morgan fingerprint density at radius 2 is 1.94 bits per heavy atom. The molecule has 0 aliphatic rings. The number of hydrogen-bond donors (Lipinski definition) is 1. The largest absolute Gasteiger partial charge is 0.413 e. The van der Waals surface area contributed by atoms with Gasteiger partial charge in [-0.3, -0.25) is 0 Å². The topological polar surface area (TPSA) is 48.1 Å². The highest BCUT2D eigenvalue weighted by Gasteiger charge is 2.29. The summed E-state index contributed by atoms with van der Waals surface area (Å²) in [6.07, 6.45) is 1.86. The molecule has 0 aromatic carbocycles. The molecule has 0 saturated heterocycles. The summed E-state index contributed by atoms with van der Waals surface area (Å²) in [5.74, 6) is 0.603. The molecule has 4 heteroatoms. The van der Waals surface area contributed by atoms with E-state index in [2.05, 4.69) is 38.8 Å². The normalized spacial score (nSPS) is 14.1. The Labute approximate surface area is 106 Å². The Hall–Kier alpha value is -0.873. The summed E-state index contributed by atoms with van der Waals surface area (Å²) < 4.78 is 6.19. The van der Waals surface area contributed by atoms with Crippen LogP contribution < -0.4 is 5.73 Å². The lowest BCUT2D eigenvalue weighted by molar-refractivity contribution is 0.0860. The minimum absolute atomic E-state index is 0.0653. The first kappa shape index (κ1) is 14.2. The van der Waals surface area contributed by atoms with Gasteiger partial charge >= 0.3 is 0 Å². The second kappa shape index (κ2) is 5.19. The highest BCUT2D eigenvalue weighted by Crippen LogP contribution is 2.38. The molecule has 96 valence electrons. The van der Waals surface area contributed by atoms with E-state index in [0.29, 0.717) is 5.82 Å². The first-order valence-electron chi connectivity index (χ1n) is 6.10. The smallest absolute Gasteiger partial charge is 0.171 e. The third kappa shape index (κ3) is 3.54. The van der Waals surface area contributed by atoms with Gasteiger partial charge in [-0.2, -0.15) is 0 Å². The molecule has 1 heterocycles. The molecule has 0 aliphatic heterocycles. The van der Waals surface area contributed by atoms with Gasteiger partial charge in [-0.15, -0.1) is 0 Å². The maximum absolute atomic E-state index is 6.19. The molecule has 1 atom stereocenters. The number of hydrogen-bond acceptors (Lipinski definition) is 3. The van der Waals surface area contributed by atoms with E-state index in [1.54, 1.807) is 6.20 Å². The van der Waals surface area contributed by atoms with Crippen molar-refractivity contribution in [3.05, 3.63) is 23.4 Å². The zero-order valence-corrected chi connectivity index (χ0v) is 12.9. The minimum Gasteiger partial charge on any atom is -0.413 e. The predicted molar refractivity (Wildman–Crippen MR) is 75.5 cm³/mol. The van der Waals surface area contributed by atoms with Crippen LogP contribution in [0.5, 0.6) is 0 Å². The Kier molecular flexibility index (Phi) is 4.33. The summed E-state index contributed by atoms with van der Waals surface area (Å²) >= 11 is 0. The van der Waals surface area contributed by atoms with E-state index in [0.717, 1.165) is 5.56 Å². The van der Waals surface area contributed by atoms with Gasteiger partial charge in [0, 0.05) is 6.20 Å². The van der Waals surface area contributed by atoms with Crippen molar-refractivity contribution in [3.8, 4) is 0 Å². The monoisotopic (exact) mass is 252 g/mol. The van der Waals surface area contributed by atoms with Crippen molar-refractivity contribution in [2.24, 2.45) is 5.41 Å². The molecular weight excluding hydrogens is 228 g/mol. The molecule has 2 N–H and O–H groups in total. The van der Waals surface area contributed by atoms with Crippen LogP contribution in [0, 0.1) is 12.3 Å². The van der Waals surface area contributed by atoms with Crippen molar-refractivity contribution in [3.63, 3.8) is 0 Å². The van der Waals surface area contributed by atoms with Crippen LogP contribution >= 0.6 is 0 Å². The average molecular weight is 252 g/mol. The second-order valence-corrected chi connectivity index (χ2v) is 8.21. The maximum atomic E-state index is 6.19. The van der Waals surface area contributed by atoms with E-state index in [1.807, 2.05) is 13.0 Å². The lowest BCUT2D eigenvalue weighted by Crippen LogP contribution is -2.26. The number of aromatic nitrogens is 1. The van der Waals surface area contributed by atoms with Crippen LogP contribution in [-0.2, 0) is 4.43 Å². The number of nitrogens with zero attached hydrogens (tertiary/aromatic N) is 1. The van der Waals surface area contributed by atoms with E-state index in [-0.39, 0.29) is 11.5 Å². The van der Waals surface area contributed by atoms with Crippen molar-refractivity contribution >= 4 is 14.9 Å². The highest BCUT2D eigenvalue weighted by atomic mass is 28.3. The van der Waals surface area contributed by atoms with Crippen LogP contribution in [0.15, 0.2) is 12.3 Å². The Bertz CT molecular complexity index is 385. The van der Waals surface area contributed by atoms with Crippen molar-refractivity contribution < 1.29 is 4.43 Å². The molecule has 0 amide bonds. The standard InChI is InChI=1S/C13H24N2OSi/c1-9-10(7-8-15-12(9)14)11(13(2,3)4)16-17(5)6/h7-8,11,17H,1-6H3,(H2,14,15). The number of anilines is 1. The summed E-state index contributed by atoms with van der Waals surface area (Å²) in [7, 11) is -1.10. The molecule has 1 aromatic heterocycles. The van der Waals surface area contributed by atoms with Gasteiger partial charge in [0.25, 0.3) is 0 Å². The summed E-state index contributed by atoms with van der Waals surface area (Å²) in [4.78, 5) is 4.12. The average Bonchev–Trinajstić information content (AvgIpc) is 2.17. The van der Waals surface area contributed by atoms with E-state index in [1.165, 1.54) is 5.56 Å². The van der Waals surface area contributed by atoms with E-state index < -0.39 is 9.04 Å². The molecule has 0 saturated carbocycles. The van der Waals surface area contributed by atoms with Gasteiger partial charge < -0.3 is 10.2 Å². The number of nitrogen functional groups attached to an aromatic ring is 1. The molecule has 1 rings (SSSR count). The van der Waals surface area contributed by atoms with Gasteiger partial charge in [0.2, 0.25) is 0 Å². The van der Waals surface area contributed by atoms with Crippen LogP contribution in [0.3, 0.4) is 0 Å². The lowest BCUT2D eigenvalue weighted by atomic mass is 9.83. The summed E-state index contributed by atoms with van der Waals surface area (Å²) in [5.41, 5.74) is 8.16. The van der Waals surface area contributed by atoms with Gasteiger partial charge in [-0.25, -0.2) is 4.98 Å². The van der Waals surface area contributed by atoms with Crippen LogP contribution in [0.1, 0.15) is 38.0 Å². The number of rotatable bonds is 3. The maximum Gasteiger partial charge on any atom is 0.171 e. The first-order chi connectivity index (χ1) is 7.73. The molecule has 0 spiro atoms. The molecular formula is C13H24N2OSi. The van der Waals surface area contributed by atoms with E-state index >= 15 is 0 Å². The summed E-state index contributed by atoms with van der Waals surface area (Å²) in [6.45, 7) is 13.0. The van der Waals surface area contributed by atoms with Gasteiger partial charge in [-0.1, -0.05) is 20.8 Å². The number of nitrogens with two attached hydrogens (primary N) is 1. The molecule has 1 aromatic rings. The molecule has 3 nitrogen and oxygen atoms in total. The zero-order valence-electron chi connectivity index (χ0n) is 11.7. The molecule has 17 heavy (non-hydrogen) atoms. The molecule has 0 bridgehead atoms. The fraction of sp³-hybridized carbons (Fsp3) is 0.615. The van der Waals surface area contributed by atoms with Gasteiger partial charge in [0.15, 0.2) is 9.04 Å². The quantitative estimate of drug-likeness (QED) is 0.841. The van der Waals surface area contributed by atoms with Crippen LogP contribution in [0.2, 0.25) is 13.1 Å². The van der Waals surface area contributed by atoms with Gasteiger partial charge in [0.05, 0.1) is 6.10 Å². The predicted octanol–water partition coefficient (Wildman–Crippen LogP) is 3.06. The van der Waals surface area contributed by atoms with Crippen LogP contribution in [0.4, 0.5) is 5.82 Å². The second-order valence-electron chi connectivity index (χ2n) is 5.84. The first-order valence-corrected chi connectivity index (χ1v) is 8.88. The van der Waals surface area contributed by atoms with Gasteiger partial charge in [-0.05, 0) is 42.6 Å². The fourth-order valence-corrected chi connectivity index (χ4v) is 2.97. The van der Waals surface area contributed by atoms with Gasteiger partial charge in [0.1, 0.15) is 5.82 Å². The Morgan fingerprint density at radius 1 is 1.35 bits per heavy atom. The number of pyridine rings is 1. The molecule has 0 aliphatic carbocycles. The summed E-state index contributed by atoms with van der Waals surface area (Å²) in [5, 5.41) is 0. The van der Waals surface area contributed by atoms with Crippen LogP contribution in [0.25, 0.3) is 0 Å².